The number of hydrogen-bond donors (Lipinski definition) is 1. The van der Waals surface area contributed by atoms with Crippen LogP contribution in [0.15, 0.2) is 22.7 Å². The Morgan fingerprint density at radius 2 is 2.05 bits per heavy atom. The third kappa shape index (κ3) is 4.47. The molecule has 0 unspecified atom stereocenters. The minimum atomic E-state index is -0.659. The van der Waals surface area contributed by atoms with Crippen molar-refractivity contribution in [1.82, 2.24) is 0 Å². The maximum absolute atomic E-state index is 11.2. The standard InChI is InChI=1S/C17H23BrO3/c1-21-15-6-5-13(11-14(15)18)7-10-17(12-16(19)20)8-3-2-4-9-17/h5-6,11H,2-4,7-10,12H2,1H3,(H,19,20). The summed E-state index contributed by atoms with van der Waals surface area (Å²) in [6.07, 6.45) is 7.88. The first-order valence-electron chi connectivity index (χ1n) is 7.59. The number of hydrogen-bond acceptors (Lipinski definition) is 2. The molecule has 1 aliphatic carbocycles. The van der Waals surface area contributed by atoms with Gasteiger partial charge in [0.1, 0.15) is 5.75 Å². The third-order valence-corrected chi connectivity index (χ3v) is 5.22. The largest absolute Gasteiger partial charge is 0.496 e. The number of aliphatic carboxylic acids is 1. The molecule has 0 radical (unpaired) electrons. The van der Waals surface area contributed by atoms with Crippen LogP contribution in [0.4, 0.5) is 0 Å². The van der Waals surface area contributed by atoms with Crippen molar-refractivity contribution in [1.29, 1.82) is 0 Å². The average molecular weight is 355 g/mol. The zero-order valence-electron chi connectivity index (χ0n) is 12.5. The van der Waals surface area contributed by atoms with E-state index < -0.39 is 5.97 Å². The highest BCUT2D eigenvalue weighted by Crippen LogP contribution is 2.43. The Kier molecular flexibility index (Phi) is 5.68. The maximum atomic E-state index is 11.2. The van der Waals surface area contributed by atoms with Gasteiger partial charge in [0.25, 0.3) is 0 Å². The molecule has 1 N–H and O–H groups in total. The van der Waals surface area contributed by atoms with E-state index in [1.165, 1.54) is 24.8 Å². The van der Waals surface area contributed by atoms with E-state index in [2.05, 4.69) is 28.1 Å². The second kappa shape index (κ2) is 7.30. The summed E-state index contributed by atoms with van der Waals surface area (Å²) in [7, 11) is 1.66. The molecule has 0 aromatic heterocycles. The van der Waals surface area contributed by atoms with Gasteiger partial charge in [0.15, 0.2) is 0 Å². The van der Waals surface area contributed by atoms with E-state index in [9.17, 15) is 9.90 Å². The zero-order chi connectivity index (χ0) is 15.3. The van der Waals surface area contributed by atoms with Crippen molar-refractivity contribution in [2.45, 2.75) is 51.4 Å². The third-order valence-electron chi connectivity index (χ3n) is 4.60. The Bertz CT molecular complexity index is 493. The highest BCUT2D eigenvalue weighted by molar-refractivity contribution is 9.10. The molecule has 0 spiro atoms. The molecule has 0 amide bonds. The Morgan fingerprint density at radius 1 is 1.33 bits per heavy atom. The van der Waals surface area contributed by atoms with Crippen LogP contribution in [0, 0.1) is 5.41 Å². The Morgan fingerprint density at radius 3 is 2.62 bits per heavy atom. The van der Waals surface area contributed by atoms with Crippen LogP contribution in [0.3, 0.4) is 0 Å². The fourth-order valence-corrected chi connectivity index (χ4v) is 4.00. The molecule has 1 aromatic carbocycles. The van der Waals surface area contributed by atoms with Gasteiger partial charge in [-0.2, -0.15) is 0 Å². The number of benzene rings is 1. The average Bonchev–Trinajstić information content (AvgIpc) is 2.46. The minimum absolute atomic E-state index is 0.00348. The maximum Gasteiger partial charge on any atom is 0.303 e. The monoisotopic (exact) mass is 354 g/mol. The summed E-state index contributed by atoms with van der Waals surface area (Å²) in [4.78, 5) is 11.2. The Balaban J connectivity index is 2.04. The van der Waals surface area contributed by atoms with E-state index in [1.54, 1.807) is 7.11 Å². The van der Waals surface area contributed by atoms with Gasteiger partial charge in [-0.05, 0) is 64.7 Å². The van der Waals surface area contributed by atoms with E-state index in [0.29, 0.717) is 6.42 Å². The number of carbonyl (C=O) groups is 1. The molecule has 1 aromatic rings. The molecule has 1 saturated carbocycles. The molecule has 2 rings (SSSR count). The van der Waals surface area contributed by atoms with Gasteiger partial charge in [0, 0.05) is 0 Å². The van der Waals surface area contributed by atoms with Gasteiger partial charge in [0.2, 0.25) is 0 Å². The van der Waals surface area contributed by atoms with Crippen LogP contribution in [0.25, 0.3) is 0 Å². The molecule has 3 nitrogen and oxygen atoms in total. The zero-order valence-corrected chi connectivity index (χ0v) is 14.1. The molecule has 0 aliphatic heterocycles. The lowest BCUT2D eigenvalue weighted by Crippen LogP contribution is -2.28. The van der Waals surface area contributed by atoms with Crippen LogP contribution in [0.1, 0.15) is 50.5 Å². The first kappa shape index (κ1) is 16.3. The SMILES string of the molecule is COc1ccc(CCC2(CC(=O)O)CCCCC2)cc1Br. The van der Waals surface area contributed by atoms with Gasteiger partial charge in [-0.3, -0.25) is 4.79 Å². The highest BCUT2D eigenvalue weighted by Gasteiger charge is 2.33. The summed E-state index contributed by atoms with van der Waals surface area (Å²) in [6.45, 7) is 0. The van der Waals surface area contributed by atoms with E-state index in [0.717, 1.165) is 35.9 Å². The number of halogens is 1. The number of carboxylic acids is 1. The van der Waals surface area contributed by atoms with Crippen LogP contribution in [0.2, 0.25) is 0 Å². The molecule has 0 heterocycles. The van der Waals surface area contributed by atoms with Crippen molar-refractivity contribution in [3.63, 3.8) is 0 Å². The summed E-state index contributed by atoms with van der Waals surface area (Å²) >= 11 is 3.51. The molecule has 0 saturated heterocycles. The molecule has 21 heavy (non-hydrogen) atoms. The number of aryl methyl sites for hydroxylation is 1. The molecular weight excluding hydrogens is 332 g/mol. The molecule has 1 aliphatic rings. The smallest absolute Gasteiger partial charge is 0.303 e. The van der Waals surface area contributed by atoms with Crippen LogP contribution in [0.5, 0.6) is 5.75 Å². The van der Waals surface area contributed by atoms with E-state index in [-0.39, 0.29) is 5.41 Å². The van der Waals surface area contributed by atoms with Crippen LogP contribution < -0.4 is 4.74 Å². The summed E-state index contributed by atoms with van der Waals surface area (Å²) < 4.78 is 6.20. The number of carboxylic acid groups (broad SMARTS) is 1. The van der Waals surface area contributed by atoms with Crippen molar-refractivity contribution < 1.29 is 14.6 Å². The summed E-state index contributed by atoms with van der Waals surface area (Å²) in [6, 6.07) is 6.11. The molecule has 0 atom stereocenters. The molecule has 0 bridgehead atoms. The summed E-state index contributed by atoms with van der Waals surface area (Å²) in [5.74, 6) is 0.171. The van der Waals surface area contributed by atoms with E-state index in [4.69, 9.17) is 4.74 Å². The van der Waals surface area contributed by atoms with Gasteiger partial charge in [-0.15, -0.1) is 0 Å². The van der Waals surface area contributed by atoms with Crippen molar-refractivity contribution >= 4 is 21.9 Å². The topological polar surface area (TPSA) is 46.5 Å². The lowest BCUT2D eigenvalue weighted by Gasteiger charge is -2.36. The number of rotatable bonds is 6. The van der Waals surface area contributed by atoms with Crippen molar-refractivity contribution in [3.05, 3.63) is 28.2 Å². The minimum Gasteiger partial charge on any atom is -0.496 e. The van der Waals surface area contributed by atoms with E-state index in [1.807, 2.05) is 6.07 Å². The lowest BCUT2D eigenvalue weighted by molar-refractivity contribution is -0.140. The quantitative estimate of drug-likeness (QED) is 0.796. The predicted octanol–water partition coefficient (Wildman–Crippen LogP) is 4.82. The number of ether oxygens (including phenoxy) is 1. The Hall–Kier alpha value is -1.03. The first-order valence-corrected chi connectivity index (χ1v) is 8.38. The van der Waals surface area contributed by atoms with Crippen LogP contribution in [-0.2, 0) is 11.2 Å². The Labute approximate surface area is 134 Å². The van der Waals surface area contributed by atoms with Crippen molar-refractivity contribution in [2.24, 2.45) is 5.41 Å². The van der Waals surface area contributed by atoms with E-state index >= 15 is 0 Å². The predicted molar refractivity (Wildman–Crippen MR) is 86.8 cm³/mol. The molecule has 4 heteroatoms. The second-order valence-electron chi connectivity index (χ2n) is 6.10. The van der Waals surface area contributed by atoms with Gasteiger partial charge < -0.3 is 9.84 Å². The van der Waals surface area contributed by atoms with Crippen LogP contribution >= 0.6 is 15.9 Å². The fourth-order valence-electron chi connectivity index (χ4n) is 3.41. The van der Waals surface area contributed by atoms with Crippen molar-refractivity contribution in [2.75, 3.05) is 7.11 Å². The highest BCUT2D eigenvalue weighted by atomic mass is 79.9. The van der Waals surface area contributed by atoms with Gasteiger partial charge in [0.05, 0.1) is 18.0 Å². The van der Waals surface area contributed by atoms with Gasteiger partial charge >= 0.3 is 5.97 Å². The van der Waals surface area contributed by atoms with Gasteiger partial charge in [-0.1, -0.05) is 25.3 Å². The second-order valence-corrected chi connectivity index (χ2v) is 6.95. The number of methoxy groups -OCH3 is 1. The summed E-state index contributed by atoms with van der Waals surface area (Å²) in [5.41, 5.74) is 1.23. The van der Waals surface area contributed by atoms with Crippen molar-refractivity contribution in [3.8, 4) is 5.75 Å². The lowest BCUT2D eigenvalue weighted by atomic mass is 9.68. The molecule has 116 valence electrons. The molecular formula is C17H23BrO3. The fraction of sp³-hybridized carbons (Fsp3) is 0.588. The van der Waals surface area contributed by atoms with Crippen LogP contribution in [-0.4, -0.2) is 18.2 Å². The summed E-state index contributed by atoms with van der Waals surface area (Å²) in [5, 5.41) is 9.22. The first-order chi connectivity index (χ1) is 10.0. The van der Waals surface area contributed by atoms with Gasteiger partial charge in [-0.25, -0.2) is 0 Å². The normalized spacial score (nSPS) is 17.4. The molecule has 1 fully saturated rings.